The first-order chi connectivity index (χ1) is 12.5. The van der Waals surface area contributed by atoms with Crippen molar-refractivity contribution in [1.29, 1.82) is 0 Å². The maximum atomic E-state index is 12.8. The van der Waals surface area contributed by atoms with Gasteiger partial charge in [0, 0.05) is 22.8 Å². The smallest absolute Gasteiger partial charge is 0.273 e. The number of aryl methyl sites for hydroxylation is 3. The molecule has 2 heterocycles. The Morgan fingerprint density at radius 2 is 1.77 bits per heavy atom. The van der Waals surface area contributed by atoms with E-state index < -0.39 is 0 Å². The highest BCUT2D eigenvalue weighted by molar-refractivity contribution is 7.15. The van der Waals surface area contributed by atoms with E-state index in [1.165, 1.54) is 22.5 Å². The highest BCUT2D eigenvalue weighted by Gasteiger charge is 2.16. The van der Waals surface area contributed by atoms with Gasteiger partial charge >= 0.3 is 0 Å². The second-order valence-corrected chi connectivity index (χ2v) is 7.37. The maximum absolute atomic E-state index is 12.8. The number of aromatic nitrogens is 2. The molecule has 130 valence electrons. The van der Waals surface area contributed by atoms with Crippen LogP contribution in [-0.2, 0) is 0 Å². The van der Waals surface area contributed by atoms with Gasteiger partial charge in [-0.25, -0.2) is 4.98 Å². The van der Waals surface area contributed by atoms with E-state index in [0.717, 1.165) is 27.5 Å². The summed E-state index contributed by atoms with van der Waals surface area (Å²) in [6.45, 7) is 6.10. The molecule has 2 aromatic heterocycles. The summed E-state index contributed by atoms with van der Waals surface area (Å²) in [5.41, 5.74) is 6.79. The summed E-state index contributed by atoms with van der Waals surface area (Å²) in [6.07, 6.45) is 1.92. The Hall–Kier alpha value is -2.92. The first-order valence-electron chi connectivity index (χ1n) is 8.43. The molecule has 0 aliphatic rings. The molecule has 0 spiro atoms. The zero-order valence-corrected chi connectivity index (χ0v) is 15.7. The van der Waals surface area contributed by atoms with Crippen LogP contribution < -0.4 is 5.32 Å². The first kappa shape index (κ1) is 16.5. The molecule has 0 saturated heterocycles. The third-order valence-corrected chi connectivity index (χ3v) is 5.26. The minimum absolute atomic E-state index is 0.129. The van der Waals surface area contributed by atoms with E-state index in [1.54, 1.807) is 0 Å². The Morgan fingerprint density at radius 3 is 2.50 bits per heavy atom. The van der Waals surface area contributed by atoms with Crippen LogP contribution in [0.4, 0.5) is 5.69 Å². The summed E-state index contributed by atoms with van der Waals surface area (Å²) >= 11 is 1.47. The molecule has 0 radical (unpaired) electrons. The Kier molecular flexibility index (Phi) is 4.09. The lowest BCUT2D eigenvalue weighted by atomic mass is 10.1. The van der Waals surface area contributed by atoms with E-state index in [9.17, 15) is 4.79 Å². The topological polar surface area (TPSA) is 46.4 Å². The monoisotopic (exact) mass is 361 g/mol. The number of carbonyl (C=O) groups excluding carboxylic acids is 1. The van der Waals surface area contributed by atoms with Crippen LogP contribution in [-0.4, -0.2) is 15.3 Å². The molecule has 1 amide bonds. The number of amides is 1. The van der Waals surface area contributed by atoms with Crippen LogP contribution in [0.5, 0.6) is 0 Å². The van der Waals surface area contributed by atoms with Crippen molar-refractivity contribution in [2.45, 2.75) is 20.8 Å². The van der Waals surface area contributed by atoms with Gasteiger partial charge in [0.15, 0.2) is 4.96 Å². The van der Waals surface area contributed by atoms with Crippen molar-refractivity contribution in [3.8, 4) is 11.3 Å². The van der Waals surface area contributed by atoms with E-state index in [-0.39, 0.29) is 5.91 Å². The number of thiazole rings is 1. The van der Waals surface area contributed by atoms with Gasteiger partial charge in [-0.1, -0.05) is 47.5 Å². The molecule has 2 aromatic carbocycles. The van der Waals surface area contributed by atoms with Crippen LogP contribution in [0.15, 0.2) is 54.0 Å². The SMILES string of the molecule is Cc1ccc(-c2cn3c(C(=O)Nc4ccc(C)cc4C)csc3n2)cc1. The molecule has 5 heteroatoms. The summed E-state index contributed by atoms with van der Waals surface area (Å²) in [7, 11) is 0. The molecule has 0 unspecified atom stereocenters. The number of fused-ring (bicyclic) bond motifs is 1. The quantitative estimate of drug-likeness (QED) is 0.542. The Labute approximate surface area is 156 Å². The van der Waals surface area contributed by atoms with E-state index in [2.05, 4.69) is 47.6 Å². The lowest BCUT2D eigenvalue weighted by Crippen LogP contribution is -2.14. The average molecular weight is 361 g/mol. The molecule has 4 nitrogen and oxygen atoms in total. The second kappa shape index (κ2) is 6.42. The summed E-state index contributed by atoms with van der Waals surface area (Å²) in [5.74, 6) is -0.129. The fourth-order valence-electron chi connectivity index (χ4n) is 2.95. The highest BCUT2D eigenvalue weighted by atomic mass is 32.1. The number of imidazole rings is 1. The van der Waals surface area contributed by atoms with Crippen molar-refractivity contribution in [3.63, 3.8) is 0 Å². The van der Waals surface area contributed by atoms with Gasteiger partial charge in [0.1, 0.15) is 5.69 Å². The number of benzene rings is 2. The van der Waals surface area contributed by atoms with Crippen LogP contribution in [0.1, 0.15) is 27.2 Å². The number of hydrogen-bond donors (Lipinski definition) is 1. The van der Waals surface area contributed by atoms with E-state index >= 15 is 0 Å². The molecule has 0 aliphatic heterocycles. The van der Waals surface area contributed by atoms with Gasteiger partial charge in [-0.3, -0.25) is 9.20 Å². The van der Waals surface area contributed by atoms with Crippen molar-refractivity contribution in [2.75, 3.05) is 5.32 Å². The fraction of sp³-hybridized carbons (Fsp3) is 0.143. The minimum atomic E-state index is -0.129. The van der Waals surface area contributed by atoms with Gasteiger partial charge in [-0.2, -0.15) is 0 Å². The standard InChI is InChI=1S/C21H19N3OS/c1-13-4-7-16(8-5-13)18-11-24-19(12-26-21(24)23-18)20(25)22-17-9-6-14(2)10-15(17)3/h4-12H,1-3H3,(H,22,25). The van der Waals surface area contributed by atoms with Crippen molar-refractivity contribution < 1.29 is 4.79 Å². The van der Waals surface area contributed by atoms with Gasteiger partial charge in [0.25, 0.3) is 5.91 Å². The molecular weight excluding hydrogens is 342 g/mol. The molecule has 0 bridgehead atoms. The molecule has 4 aromatic rings. The van der Waals surface area contributed by atoms with Crippen molar-refractivity contribution in [1.82, 2.24) is 9.38 Å². The molecule has 0 atom stereocenters. The van der Waals surface area contributed by atoms with E-state index in [4.69, 9.17) is 0 Å². The highest BCUT2D eigenvalue weighted by Crippen LogP contribution is 2.25. The van der Waals surface area contributed by atoms with Crippen LogP contribution in [0.25, 0.3) is 16.2 Å². The Bertz CT molecular complexity index is 1110. The number of hydrogen-bond acceptors (Lipinski definition) is 3. The minimum Gasteiger partial charge on any atom is -0.320 e. The fourth-order valence-corrected chi connectivity index (χ4v) is 3.80. The molecule has 0 fully saturated rings. The predicted octanol–water partition coefficient (Wildman–Crippen LogP) is 5.24. The van der Waals surface area contributed by atoms with Gasteiger partial charge in [0.05, 0.1) is 5.69 Å². The Morgan fingerprint density at radius 1 is 1.04 bits per heavy atom. The lowest BCUT2D eigenvalue weighted by molar-refractivity contribution is 0.102. The third-order valence-electron chi connectivity index (χ3n) is 4.42. The average Bonchev–Trinajstić information content (AvgIpc) is 3.18. The van der Waals surface area contributed by atoms with Gasteiger partial charge in [-0.05, 0) is 32.4 Å². The summed E-state index contributed by atoms with van der Waals surface area (Å²) in [6, 6.07) is 14.2. The molecule has 1 N–H and O–H groups in total. The van der Waals surface area contributed by atoms with E-state index in [0.29, 0.717) is 5.69 Å². The van der Waals surface area contributed by atoms with Gasteiger partial charge in [-0.15, -0.1) is 11.3 Å². The van der Waals surface area contributed by atoms with Crippen LogP contribution in [0.2, 0.25) is 0 Å². The number of nitrogens with one attached hydrogen (secondary N) is 1. The molecular formula is C21H19N3OS. The van der Waals surface area contributed by atoms with Crippen molar-refractivity contribution in [3.05, 3.63) is 76.4 Å². The maximum Gasteiger partial charge on any atom is 0.273 e. The van der Waals surface area contributed by atoms with Crippen LogP contribution in [0.3, 0.4) is 0 Å². The Balaban J connectivity index is 1.66. The van der Waals surface area contributed by atoms with Crippen LogP contribution in [0, 0.1) is 20.8 Å². The van der Waals surface area contributed by atoms with E-state index in [1.807, 2.05) is 42.0 Å². The molecule has 0 aliphatic carbocycles. The van der Waals surface area contributed by atoms with Crippen molar-refractivity contribution in [2.24, 2.45) is 0 Å². The zero-order valence-electron chi connectivity index (χ0n) is 14.9. The molecule has 4 rings (SSSR count). The second-order valence-electron chi connectivity index (χ2n) is 6.54. The first-order valence-corrected chi connectivity index (χ1v) is 9.31. The lowest BCUT2D eigenvalue weighted by Gasteiger charge is -2.08. The van der Waals surface area contributed by atoms with Gasteiger partial charge < -0.3 is 5.32 Å². The van der Waals surface area contributed by atoms with Gasteiger partial charge in [0.2, 0.25) is 0 Å². The summed E-state index contributed by atoms with van der Waals surface area (Å²) < 4.78 is 1.86. The normalized spacial score (nSPS) is 11.0. The molecule has 26 heavy (non-hydrogen) atoms. The third kappa shape index (κ3) is 3.02. The summed E-state index contributed by atoms with van der Waals surface area (Å²) in [5, 5.41) is 4.85. The number of rotatable bonds is 3. The van der Waals surface area contributed by atoms with Crippen LogP contribution >= 0.6 is 11.3 Å². The summed E-state index contributed by atoms with van der Waals surface area (Å²) in [4.78, 5) is 18.2. The molecule has 0 saturated carbocycles. The number of anilines is 1. The van der Waals surface area contributed by atoms with Crippen molar-refractivity contribution >= 4 is 27.9 Å². The largest absolute Gasteiger partial charge is 0.320 e. The zero-order chi connectivity index (χ0) is 18.3. The number of carbonyl (C=O) groups is 1. The predicted molar refractivity (Wildman–Crippen MR) is 107 cm³/mol. The number of nitrogens with zero attached hydrogens (tertiary/aromatic N) is 2.